The molecule has 0 amide bonds. The molecule has 60 valence electrons. The van der Waals surface area contributed by atoms with Crippen LogP contribution >= 0.6 is 6.72 Å². The standard InChI is InChI=1S/C5H11O3PS/c1-5(2,3)4-7-9(6,10)8-4/h4H,1-3H3,(H,6,10). The summed E-state index contributed by atoms with van der Waals surface area (Å²) in [6.45, 7) is 3.11. The zero-order valence-corrected chi connectivity index (χ0v) is 7.91. The summed E-state index contributed by atoms with van der Waals surface area (Å²) < 4.78 is 9.90. The molecule has 0 unspecified atom stereocenters. The summed E-state index contributed by atoms with van der Waals surface area (Å²) in [5.74, 6) is 0. The first-order valence-corrected chi connectivity index (χ1v) is 5.60. The van der Waals surface area contributed by atoms with Gasteiger partial charge >= 0.3 is 6.72 Å². The van der Waals surface area contributed by atoms with Crippen LogP contribution in [0.4, 0.5) is 0 Å². The Morgan fingerprint density at radius 2 is 1.80 bits per heavy atom. The van der Waals surface area contributed by atoms with Gasteiger partial charge in [0.2, 0.25) is 0 Å². The summed E-state index contributed by atoms with van der Waals surface area (Å²) in [6.07, 6.45) is -0.330. The fourth-order valence-electron chi connectivity index (χ4n) is 0.566. The number of hydrogen-bond donors (Lipinski definition) is 1. The maximum Gasteiger partial charge on any atom is 0.329 e. The molecule has 1 heterocycles. The lowest BCUT2D eigenvalue weighted by Crippen LogP contribution is -2.37. The number of hydrogen-bond acceptors (Lipinski definition) is 3. The Morgan fingerprint density at radius 1 is 1.40 bits per heavy atom. The maximum absolute atomic E-state index is 8.93. The Morgan fingerprint density at radius 3 is 1.90 bits per heavy atom. The SMILES string of the molecule is CC(C)(C)C1OP(O)(=S)O1. The molecule has 1 aliphatic heterocycles. The highest BCUT2D eigenvalue weighted by Gasteiger charge is 2.44. The van der Waals surface area contributed by atoms with Gasteiger partial charge in [0, 0.05) is 5.41 Å². The molecule has 3 nitrogen and oxygen atoms in total. The molecule has 0 radical (unpaired) electrons. The van der Waals surface area contributed by atoms with Crippen LogP contribution in [0.15, 0.2) is 0 Å². The van der Waals surface area contributed by atoms with Crippen molar-refractivity contribution < 1.29 is 13.9 Å². The van der Waals surface area contributed by atoms with Crippen LogP contribution in [0.3, 0.4) is 0 Å². The van der Waals surface area contributed by atoms with Crippen molar-refractivity contribution in [2.24, 2.45) is 5.41 Å². The summed E-state index contributed by atoms with van der Waals surface area (Å²) in [7, 11) is 0. The molecule has 10 heavy (non-hydrogen) atoms. The van der Waals surface area contributed by atoms with E-state index in [1.54, 1.807) is 0 Å². The lowest BCUT2D eigenvalue weighted by atomic mass is 9.96. The second-order valence-corrected chi connectivity index (χ2v) is 6.12. The van der Waals surface area contributed by atoms with Crippen LogP contribution < -0.4 is 0 Å². The third kappa shape index (κ3) is 1.77. The van der Waals surface area contributed by atoms with E-state index < -0.39 is 6.72 Å². The lowest BCUT2D eigenvalue weighted by molar-refractivity contribution is -0.155. The first-order valence-electron chi connectivity index (χ1n) is 3.01. The van der Waals surface area contributed by atoms with Gasteiger partial charge in [-0.25, -0.2) is 0 Å². The average Bonchev–Trinajstić information content (AvgIpc) is 1.56. The molecule has 0 aromatic rings. The largest absolute Gasteiger partial charge is 0.329 e. The molecular weight excluding hydrogens is 171 g/mol. The van der Waals surface area contributed by atoms with E-state index in [1.807, 2.05) is 20.8 Å². The summed E-state index contributed by atoms with van der Waals surface area (Å²) in [5, 5.41) is 0. The van der Waals surface area contributed by atoms with Crippen molar-refractivity contribution in [2.75, 3.05) is 0 Å². The lowest BCUT2D eigenvalue weighted by Gasteiger charge is -2.41. The molecule has 1 saturated heterocycles. The van der Waals surface area contributed by atoms with Gasteiger partial charge in [-0.1, -0.05) is 20.8 Å². The van der Waals surface area contributed by atoms with Gasteiger partial charge in [0.05, 0.1) is 0 Å². The minimum absolute atomic E-state index is 0.0922. The van der Waals surface area contributed by atoms with E-state index in [0.717, 1.165) is 0 Å². The smallest absolute Gasteiger partial charge is 0.324 e. The zero-order chi connectivity index (χ0) is 7.99. The second-order valence-electron chi connectivity index (χ2n) is 3.38. The first-order chi connectivity index (χ1) is 4.31. The fraction of sp³-hybridized carbons (Fsp3) is 1.00. The molecule has 1 rings (SSSR count). The predicted molar refractivity (Wildman–Crippen MR) is 41.9 cm³/mol. The predicted octanol–water partition coefficient (Wildman–Crippen LogP) is 1.62. The van der Waals surface area contributed by atoms with Crippen LogP contribution in [0.2, 0.25) is 0 Å². The van der Waals surface area contributed by atoms with Crippen molar-refractivity contribution in [3.8, 4) is 0 Å². The molecule has 0 spiro atoms. The van der Waals surface area contributed by atoms with Crippen molar-refractivity contribution in [1.82, 2.24) is 0 Å². The molecule has 1 fully saturated rings. The molecule has 1 aliphatic rings. The highest BCUT2D eigenvalue weighted by Crippen LogP contribution is 2.59. The van der Waals surface area contributed by atoms with Gasteiger partial charge in [0.25, 0.3) is 0 Å². The minimum atomic E-state index is -2.79. The van der Waals surface area contributed by atoms with Crippen molar-refractivity contribution in [3.05, 3.63) is 0 Å². The van der Waals surface area contributed by atoms with Crippen LogP contribution in [-0.2, 0) is 20.9 Å². The van der Waals surface area contributed by atoms with Gasteiger partial charge < -0.3 is 4.89 Å². The minimum Gasteiger partial charge on any atom is -0.324 e. The molecular formula is C5H11O3PS. The van der Waals surface area contributed by atoms with Gasteiger partial charge in [-0.15, -0.1) is 0 Å². The molecule has 0 aromatic carbocycles. The topological polar surface area (TPSA) is 38.7 Å². The van der Waals surface area contributed by atoms with Gasteiger partial charge in [-0.2, -0.15) is 0 Å². The average molecular weight is 182 g/mol. The van der Waals surface area contributed by atoms with E-state index in [1.165, 1.54) is 0 Å². The summed E-state index contributed by atoms with van der Waals surface area (Å²) in [6, 6.07) is 0. The second kappa shape index (κ2) is 2.26. The Hall–Kier alpha value is 0.530. The number of rotatable bonds is 0. The Balaban J connectivity index is 2.48. The fourth-order valence-corrected chi connectivity index (χ4v) is 2.17. The molecule has 0 aromatic heterocycles. The Labute approximate surface area is 65.6 Å². The normalized spacial score (nSPS) is 41.0. The van der Waals surface area contributed by atoms with E-state index >= 15 is 0 Å². The van der Waals surface area contributed by atoms with Gasteiger partial charge in [-0.05, 0) is 11.8 Å². The molecule has 0 saturated carbocycles. The molecule has 1 N–H and O–H groups in total. The van der Waals surface area contributed by atoms with E-state index in [4.69, 9.17) is 13.9 Å². The highest BCUT2D eigenvalue weighted by atomic mass is 32.5. The van der Waals surface area contributed by atoms with Crippen LogP contribution in [-0.4, -0.2) is 11.2 Å². The third-order valence-corrected chi connectivity index (χ3v) is 2.60. The third-order valence-electron chi connectivity index (χ3n) is 1.16. The van der Waals surface area contributed by atoms with Crippen molar-refractivity contribution in [3.63, 3.8) is 0 Å². The van der Waals surface area contributed by atoms with E-state index in [0.29, 0.717) is 0 Å². The maximum atomic E-state index is 8.93. The van der Waals surface area contributed by atoms with Crippen LogP contribution in [0, 0.1) is 5.41 Å². The van der Waals surface area contributed by atoms with Crippen molar-refractivity contribution >= 4 is 18.5 Å². The van der Waals surface area contributed by atoms with Crippen molar-refractivity contribution in [1.29, 1.82) is 0 Å². The Bertz CT molecular complexity index is 176. The van der Waals surface area contributed by atoms with Gasteiger partial charge in [0.15, 0.2) is 6.29 Å². The summed E-state index contributed by atoms with van der Waals surface area (Å²) in [5.41, 5.74) is -0.0922. The first kappa shape index (κ1) is 8.62. The van der Waals surface area contributed by atoms with Crippen LogP contribution in [0.1, 0.15) is 20.8 Å². The van der Waals surface area contributed by atoms with Crippen molar-refractivity contribution in [2.45, 2.75) is 27.1 Å². The summed E-state index contributed by atoms with van der Waals surface area (Å²) >= 11 is 4.54. The molecule has 0 aliphatic carbocycles. The quantitative estimate of drug-likeness (QED) is 0.578. The highest BCUT2D eigenvalue weighted by molar-refractivity contribution is 8.07. The van der Waals surface area contributed by atoms with E-state index in [9.17, 15) is 0 Å². The summed E-state index contributed by atoms with van der Waals surface area (Å²) in [4.78, 5) is 8.93. The molecule has 0 bridgehead atoms. The van der Waals surface area contributed by atoms with Gasteiger partial charge in [-0.3, -0.25) is 9.05 Å². The molecule has 5 heteroatoms. The zero-order valence-electron chi connectivity index (χ0n) is 6.20. The van der Waals surface area contributed by atoms with E-state index in [-0.39, 0.29) is 11.7 Å². The molecule has 0 atom stereocenters. The van der Waals surface area contributed by atoms with E-state index in [2.05, 4.69) is 11.8 Å². The van der Waals surface area contributed by atoms with Gasteiger partial charge in [0.1, 0.15) is 0 Å². The Kier molecular flexibility index (Phi) is 1.95. The van der Waals surface area contributed by atoms with Crippen LogP contribution in [0.25, 0.3) is 0 Å². The van der Waals surface area contributed by atoms with Crippen LogP contribution in [0.5, 0.6) is 0 Å². The monoisotopic (exact) mass is 182 g/mol.